The van der Waals surface area contributed by atoms with Gasteiger partial charge in [0.15, 0.2) is 0 Å². The van der Waals surface area contributed by atoms with Crippen LogP contribution in [0.5, 0.6) is 0 Å². The van der Waals surface area contributed by atoms with Crippen molar-refractivity contribution in [3.8, 4) is 0 Å². The molecule has 0 spiro atoms. The Morgan fingerprint density at radius 1 is 1.62 bits per heavy atom. The molecule has 0 aliphatic carbocycles. The summed E-state index contributed by atoms with van der Waals surface area (Å²) in [6, 6.07) is -1.13. The van der Waals surface area contributed by atoms with Gasteiger partial charge in [-0.05, 0) is 6.92 Å². The van der Waals surface area contributed by atoms with Gasteiger partial charge in [-0.3, -0.25) is 9.59 Å². The van der Waals surface area contributed by atoms with E-state index in [9.17, 15) is 18.0 Å². The van der Waals surface area contributed by atoms with Gasteiger partial charge in [-0.2, -0.15) is 4.31 Å². The van der Waals surface area contributed by atoms with Crippen LogP contribution in [0.25, 0.3) is 0 Å². The molecule has 1 unspecified atom stereocenters. The van der Waals surface area contributed by atoms with Crippen molar-refractivity contribution in [2.45, 2.75) is 19.4 Å². The minimum Gasteiger partial charge on any atom is -0.481 e. The quantitative estimate of drug-likeness (QED) is 0.639. The number of nitrogens with one attached hydrogen (secondary N) is 1. The normalized spacial score (nSPS) is 22.8. The molecule has 0 aromatic carbocycles. The number of hydrogen-bond donors (Lipinski definition) is 2. The van der Waals surface area contributed by atoms with Crippen LogP contribution >= 0.6 is 0 Å². The van der Waals surface area contributed by atoms with Gasteiger partial charge < -0.3 is 10.4 Å². The van der Waals surface area contributed by atoms with Crippen molar-refractivity contribution >= 4 is 21.9 Å². The number of amides is 1. The first-order valence-electron chi connectivity index (χ1n) is 4.87. The third-order valence-electron chi connectivity index (χ3n) is 2.37. The van der Waals surface area contributed by atoms with Gasteiger partial charge >= 0.3 is 5.97 Å². The Labute approximate surface area is 93.5 Å². The second-order valence-electron chi connectivity index (χ2n) is 3.42. The highest BCUT2D eigenvalue weighted by Gasteiger charge is 2.37. The molecule has 1 rings (SSSR count). The molecule has 2 N–H and O–H groups in total. The maximum atomic E-state index is 11.6. The van der Waals surface area contributed by atoms with Crippen LogP contribution < -0.4 is 5.32 Å². The molecule has 0 aromatic rings. The Balaban J connectivity index is 2.95. The van der Waals surface area contributed by atoms with Crippen LogP contribution in [0.15, 0.2) is 0 Å². The van der Waals surface area contributed by atoms with Crippen LogP contribution in [-0.4, -0.2) is 54.6 Å². The lowest BCUT2D eigenvalue weighted by Gasteiger charge is -2.32. The van der Waals surface area contributed by atoms with Crippen molar-refractivity contribution in [3.63, 3.8) is 0 Å². The zero-order valence-corrected chi connectivity index (χ0v) is 9.66. The number of carbonyl (C=O) groups is 2. The molecular formula is C8H14N2O5S. The molecular weight excluding hydrogens is 236 g/mol. The number of carbonyl (C=O) groups excluding carboxylic acids is 1. The van der Waals surface area contributed by atoms with Crippen molar-refractivity contribution in [3.05, 3.63) is 0 Å². The molecule has 1 aliphatic heterocycles. The smallest absolute Gasteiger partial charge is 0.305 e. The lowest BCUT2D eigenvalue weighted by atomic mass is 10.1. The molecule has 92 valence electrons. The number of rotatable bonds is 4. The zero-order chi connectivity index (χ0) is 12.3. The molecule has 1 heterocycles. The number of hydrogen-bond acceptors (Lipinski definition) is 4. The van der Waals surface area contributed by atoms with Crippen molar-refractivity contribution in [1.29, 1.82) is 0 Å². The first kappa shape index (κ1) is 12.9. The second kappa shape index (κ2) is 4.79. The number of sulfonamides is 1. The van der Waals surface area contributed by atoms with Crippen LogP contribution in [0.1, 0.15) is 13.3 Å². The molecule has 16 heavy (non-hydrogen) atoms. The predicted octanol–water partition coefficient (Wildman–Crippen LogP) is -1.39. The summed E-state index contributed by atoms with van der Waals surface area (Å²) in [6.45, 7) is 1.80. The summed E-state index contributed by atoms with van der Waals surface area (Å²) < 4.78 is 24.3. The number of carboxylic acids is 1. The summed E-state index contributed by atoms with van der Waals surface area (Å²) in [5, 5.41) is 11.1. The molecule has 1 saturated heterocycles. The van der Waals surface area contributed by atoms with E-state index >= 15 is 0 Å². The molecule has 1 aliphatic rings. The van der Waals surface area contributed by atoms with E-state index in [2.05, 4.69) is 5.32 Å². The van der Waals surface area contributed by atoms with E-state index in [0.29, 0.717) is 0 Å². The van der Waals surface area contributed by atoms with Crippen LogP contribution in [0.2, 0.25) is 0 Å². The van der Waals surface area contributed by atoms with Crippen LogP contribution in [-0.2, 0) is 19.6 Å². The average Bonchev–Trinajstić information content (AvgIpc) is 2.20. The van der Waals surface area contributed by atoms with Gasteiger partial charge in [-0.15, -0.1) is 0 Å². The molecule has 7 nitrogen and oxygen atoms in total. The molecule has 8 heteroatoms. The topological polar surface area (TPSA) is 104 Å². The third kappa shape index (κ3) is 2.70. The molecule has 1 amide bonds. The number of nitrogens with zero attached hydrogens (tertiary/aromatic N) is 1. The Morgan fingerprint density at radius 3 is 2.75 bits per heavy atom. The monoisotopic (exact) mass is 250 g/mol. The number of aliphatic carboxylic acids is 1. The van der Waals surface area contributed by atoms with E-state index in [-0.39, 0.29) is 18.8 Å². The fourth-order valence-corrected chi connectivity index (χ4v) is 2.81. The summed E-state index contributed by atoms with van der Waals surface area (Å²) in [5.41, 5.74) is 0. The molecule has 0 radical (unpaired) electrons. The van der Waals surface area contributed by atoms with Gasteiger partial charge in [-0.25, -0.2) is 8.42 Å². The molecule has 1 fully saturated rings. The van der Waals surface area contributed by atoms with Gasteiger partial charge in [0, 0.05) is 13.1 Å². The maximum absolute atomic E-state index is 11.6. The van der Waals surface area contributed by atoms with Gasteiger partial charge in [0.1, 0.15) is 6.04 Å². The SMILES string of the molecule is CCS(=O)(=O)N1CCNC(=O)C1CC(=O)O. The zero-order valence-electron chi connectivity index (χ0n) is 8.84. The first-order chi connectivity index (χ1) is 7.38. The minimum absolute atomic E-state index is 0.125. The van der Waals surface area contributed by atoms with E-state index < -0.39 is 34.4 Å². The Morgan fingerprint density at radius 2 is 2.25 bits per heavy atom. The minimum atomic E-state index is -3.54. The fourth-order valence-electron chi connectivity index (χ4n) is 1.55. The fraction of sp³-hybridized carbons (Fsp3) is 0.750. The first-order valence-corrected chi connectivity index (χ1v) is 6.48. The van der Waals surface area contributed by atoms with Gasteiger partial charge in [0.05, 0.1) is 12.2 Å². The van der Waals surface area contributed by atoms with Crippen LogP contribution in [0.3, 0.4) is 0 Å². The predicted molar refractivity (Wildman–Crippen MR) is 55.2 cm³/mol. The van der Waals surface area contributed by atoms with Crippen molar-refractivity contribution in [2.24, 2.45) is 0 Å². The summed E-state index contributed by atoms with van der Waals surface area (Å²) >= 11 is 0. The van der Waals surface area contributed by atoms with Crippen molar-refractivity contribution in [2.75, 3.05) is 18.8 Å². The van der Waals surface area contributed by atoms with E-state index in [1.54, 1.807) is 0 Å². The highest BCUT2D eigenvalue weighted by molar-refractivity contribution is 7.89. The summed E-state index contributed by atoms with van der Waals surface area (Å²) in [4.78, 5) is 22.0. The second-order valence-corrected chi connectivity index (χ2v) is 5.63. The van der Waals surface area contributed by atoms with E-state index in [4.69, 9.17) is 5.11 Å². The van der Waals surface area contributed by atoms with Gasteiger partial charge in [-0.1, -0.05) is 0 Å². The average molecular weight is 250 g/mol. The summed E-state index contributed by atoms with van der Waals surface area (Å²) in [6.07, 6.45) is -0.509. The summed E-state index contributed by atoms with van der Waals surface area (Å²) in [5.74, 6) is -1.89. The van der Waals surface area contributed by atoms with E-state index in [0.717, 1.165) is 4.31 Å². The van der Waals surface area contributed by atoms with Gasteiger partial charge in [0.2, 0.25) is 15.9 Å². The highest BCUT2D eigenvalue weighted by atomic mass is 32.2. The van der Waals surface area contributed by atoms with E-state index in [1.807, 2.05) is 0 Å². The lowest BCUT2D eigenvalue weighted by Crippen LogP contribution is -2.57. The Hall–Kier alpha value is -1.15. The Bertz CT molecular complexity index is 391. The number of piperazine rings is 1. The van der Waals surface area contributed by atoms with Crippen molar-refractivity contribution in [1.82, 2.24) is 9.62 Å². The third-order valence-corrected chi connectivity index (χ3v) is 4.25. The molecule has 0 saturated carbocycles. The van der Waals surface area contributed by atoms with E-state index in [1.165, 1.54) is 6.92 Å². The van der Waals surface area contributed by atoms with Crippen LogP contribution in [0, 0.1) is 0 Å². The number of carboxylic acid groups (broad SMARTS) is 1. The van der Waals surface area contributed by atoms with Crippen LogP contribution in [0.4, 0.5) is 0 Å². The molecule has 0 aromatic heterocycles. The Kier molecular flexibility index (Phi) is 3.87. The van der Waals surface area contributed by atoms with Crippen molar-refractivity contribution < 1.29 is 23.1 Å². The summed E-state index contributed by atoms with van der Waals surface area (Å²) in [7, 11) is -3.54. The standard InChI is InChI=1S/C8H14N2O5S/c1-2-16(14,15)10-4-3-9-8(13)6(10)5-7(11)12/h6H,2-5H2,1H3,(H,9,13)(H,11,12). The highest BCUT2D eigenvalue weighted by Crippen LogP contribution is 2.14. The van der Waals surface area contributed by atoms with Gasteiger partial charge in [0.25, 0.3) is 0 Å². The lowest BCUT2D eigenvalue weighted by molar-refractivity contribution is -0.141. The molecule has 0 bridgehead atoms. The largest absolute Gasteiger partial charge is 0.481 e. The molecule has 1 atom stereocenters. The maximum Gasteiger partial charge on any atom is 0.305 e.